The van der Waals surface area contributed by atoms with Crippen molar-refractivity contribution in [2.75, 3.05) is 7.11 Å². The van der Waals surface area contributed by atoms with Crippen molar-refractivity contribution in [1.29, 1.82) is 0 Å². The van der Waals surface area contributed by atoms with Crippen LogP contribution in [0.2, 0.25) is 0 Å². The predicted octanol–water partition coefficient (Wildman–Crippen LogP) is 4.20. The summed E-state index contributed by atoms with van der Waals surface area (Å²) in [4.78, 5) is 21.3. The zero-order valence-electron chi connectivity index (χ0n) is 18.0. The average Bonchev–Trinajstić information content (AvgIpc) is 3.15. The highest BCUT2D eigenvalue weighted by Crippen LogP contribution is 2.31. The first-order chi connectivity index (χ1) is 14.7. The third-order valence-corrected chi connectivity index (χ3v) is 5.06. The molecule has 7 nitrogen and oxygen atoms in total. The molecule has 0 amide bonds. The Morgan fingerprint density at radius 1 is 1.10 bits per heavy atom. The van der Waals surface area contributed by atoms with Crippen LogP contribution >= 0.6 is 0 Å². The van der Waals surface area contributed by atoms with Crippen molar-refractivity contribution >= 4 is 5.65 Å². The van der Waals surface area contributed by atoms with Gasteiger partial charge in [-0.15, -0.1) is 0 Å². The van der Waals surface area contributed by atoms with Crippen LogP contribution < -0.4 is 10.3 Å². The third kappa shape index (κ3) is 4.33. The van der Waals surface area contributed by atoms with E-state index in [9.17, 15) is 9.18 Å². The number of aromatic nitrogens is 5. The first-order valence-corrected chi connectivity index (χ1v) is 10.0. The molecule has 4 aromatic heterocycles. The van der Waals surface area contributed by atoms with Gasteiger partial charge in [0, 0.05) is 30.6 Å². The van der Waals surface area contributed by atoms with Gasteiger partial charge in [0.1, 0.15) is 5.82 Å². The summed E-state index contributed by atoms with van der Waals surface area (Å²) in [5, 5.41) is 4.30. The highest BCUT2D eigenvalue weighted by molar-refractivity contribution is 5.81. The van der Waals surface area contributed by atoms with Crippen molar-refractivity contribution in [3.8, 4) is 28.3 Å². The Labute approximate surface area is 179 Å². The van der Waals surface area contributed by atoms with Gasteiger partial charge in [-0.1, -0.05) is 20.8 Å². The van der Waals surface area contributed by atoms with Gasteiger partial charge < -0.3 is 9.30 Å². The molecule has 0 aliphatic heterocycles. The number of pyridine rings is 2. The van der Waals surface area contributed by atoms with Gasteiger partial charge in [0.15, 0.2) is 5.65 Å². The summed E-state index contributed by atoms with van der Waals surface area (Å²) >= 11 is 0. The molecule has 0 unspecified atom stereocenters. The van der Waals surface area contributed by atoms with Crippen LogP contribution in [0.4, 0.5) is 4.39 Å². The molecule has 4 rings (SSSR count). The molecule has 0 saturated heterocycles. The Morgan fingerprint density at radius 3 is 2.61 bits per heavy atom. The molecule has 0 fully saturated rings. The lowest BCUT2D eigenvalue weighted by molar-refractivity contribution is 0.348. The van der Waals surface area contributed by atoms with E-state index in [-0.39, 0.29) is 16.9 Å². The fourth-order valence-electron chi connectivity index (χ4n) is 3.31. The van der Waals surface area contributed by atoms with E-state index in [1.54, 1.807) is 39.8 Å². The maximum Gasteiger partial charge on any atom is 0.251 e. The summed E-state index contributed by atoms with van der Waals surface area (Å²) in [6, 6.07) is 6.60. The average molecular weight is 421 g/mol. The Hall–Kier alpha value is -3.55. The number of rotatable bonds is 5. The van der Waals surface area contributed by atoms with Crippen LogP contribution in [-0.4, -0.2) is 31.3 Å². The van der Waals surface area contributed by atoms with E-state index in [1.807, 2.05) is 6.07 Å². The summed E-state index contributed by atoms with van der Waals surface area (Å²) in [6.45, 7) is 7.11. The molecule has 0 aromatic carbocycles. The molecule has 0 radical (unpaired) electrons. The largest absolute Gasteiger partial charge is 0.481 e. The smallest absolute Gasteiger partial charge is 0.251 e. The van der Waals surface area contributed by atoms with Gasteiger partial charge in [0.25, 0.3) is 5.56 Å². The minimum atomic E-state index is -0.481. The van der Waals surface area contributed by atoms with Crippen LogP contribution in [0.3, 0.4) is 0 Å². The predicted molar refractivity (Wildman–Crippen MR) is 116 cm³/mol. The number of fused-ring (bicyclic) bond motifs is 1. The van der Waals surface area contributed by atoms with E-state index in [0.717, 1.165) is 12.6 Å². The zero-order valence-corrected chi connectivity index (χ0v) is 18.0. The number of hydrogen-bond acceptors (Lipinski definition) is 5. The van der Waals surface area contributed by atoms with Crippen molar-refractivity contribution in [1.82, 2.24) is 24.1 Å². The maximum atomic E-state index is 13.8. The van der Waals surface area contributed by atoms with Gasteiger partial charge in [0.2, 0.25) is 5.88 Å². The molecule has 4 heterocycles. The second-order valence-electron chi connectivity index (χ2n) is 8.61. The second-order valence-corrected chi connectivity index (χ2v) is 8.61. The molecule has 4 aromatic rings. The van der Waals surface area contributed by atoms with Gasteiger partial charge >= 0.3 is 0 Å². The molecule has 0 spiro atoms. The number of methoxy groups -OCH3 is 1. The summed E-state index contributed by atoms with van der Waals surface area (Å²) in [5.41, 5.74) is 2.96. The van der Waals surface area contributed by atoms with Crippen LogP contribution in [0.15, 0.2) is 53.8 Å². The van der Waals surface area contributed by atoms with Crippen LogP contribution in [0.1, 0.15) is 27.2 Å². The lowest BCUT2D eigenvalue weighted by Gasteiger charge is -2.18. The molecule has 0 saturated carbocycles. The van der Waals surface area contributed by atoms with Crippen molar-refractivity contribution in [2.45, 2.75) is 33.7 Å². The van der Waals surface area contributed by atoms with Crippen LogP contribution in [0.5, 0.6) is 5.88 Å². The molecule has 8 heteroatoms. The Bertz CT molecular complexity index is 1300. The molecule has 31 heavy (non-hydrogen) atoms. The lowest BCUT2D eigenvalue weighted by atomic mass is 9.92. The Balaban J connectivity index is 1.74. The van der Waals surface area contributed by atoms with Crippen molar-refractivity contribution in [3.05, 3.63) is 65.2 Å². The Kier molecular flexibility index (Phi) is 5.31. The highest BCUT2D eigenvalue weighted by atomic mass is 19.1. The van der Waals surface area contributed by atoms with Crippen LogP contribution in [0, 0.1) is 11.2 Å². The van der Waals surface area contributed by atoms with E-state index in [1.165, 1.54) is 13.2 Å². The van der Waals surface area contributed by atoms with Crippen molar-refractivity contribution < 1.29 is 9.13 Å². The number of nitrogens with zero attached hydrogens (tertiary/aromatic N) is 5. The topological polar surface area (TPSA) is 74.3 Å². The highest BCUT2D eigenvalue weighted by Gasteiger charge is 2.16. The van der Waals surface area contributed by atoms with Gasteiger partial charge in [-0.25, -0.2) is 18.9 Å². The standard InChI is InChI=1S/C23H24FN5O2/c1-23(2,3)7-10-28-8-5-15(11-20(28)30)19-6-9-29-21(27-19)18(14-26-29)17-12-16(24)13-25-22(17)31-4/h5-6,8-9,11-14H,7,10H2,1-4H3. The lowest BCUT2D eigenvalue weighted by Crippen LogP contribution is -2.21. The van der Waals surface area contributed by atoms with E-state index in [4.69, 9.17) is 4.74 Å². The summed E-state index contributed by atoms with van der Waals surface area (Å²) in [6.07, 6.45) is 7.15. The Morgan fingerprint density at radius 2 is 1.90 bits per heavy atom. The molecule has 0 aliphatic rings. The monoisotopic (exact) mass is 421 g/mol. The van der Waals surface area contributed by atoms with Gasteiger partial charge in [-0.3, -0.25) is 4.79 Å². The second kappa shape index (κ2) is 7.94. The van der Waals surface area contributed by atoms with Crippen LogP contribution in [-0.2, 0) is 6.54 Å². The number of halogens is 1. The van der Waals surface area contributed by atoms with Crippen molar-refractivity contribution in [2.24, 2.45) is 5.41 Å². The fourth-order valence-corrected chi connectivity index (χ4v) is 3.31. The van der Waals surface area contributed by atoms with E-state index in [2.05, 4.69) is 35.8 Å². The minimum absolute atomic E-state index is 0.0758. The third-order valence-electron chi connectivity index (χ3n) is 5.06. The molecule has 0 bridgehead atoms. The number of ether oxygens (including phenoxy) is 1. The normalized spacial score (nSPS) is 11.8. The molecule has 0 aliphatic carbocycles. The molecule has 0 atom stereocenters. The SMILES string of the molecule is COc1ncc(F)cc1-c1cnn2ccc(-c3ccn(CCC(C)(C)C)c(=O)c3)nc12. The maximum absolute atomic E-state index is 13.8. The van der Waals surface area contributed by atoms with Crippen LogP contribution in [0.25, 0.3) is 28.0 Å². The van der Waals surface area contributed by atoms with E-state index >= 15 is 0 Å². The van der Waals surface area contributed by atoms with Gasteiger partial charge in [0.05, 0.1) is 36.3 Å². The number of hydrogen-bond donors (Lipinski definition) is 0. The van der Waals surface area contributed by atoms with Crippen molar-refractivity contribution in [3.63, 3.8) is 0 Å². The summed E-state index contributed by atoms with van der Waals surface area (Å²) < 4.78 is 22.4. The first kappa shape index (κ1) is 20.7. The molecular formula is C23H24FN5O2. The van der Waals surface area contributed by atoms with Gasteiger partial charge in [-0.05, 0) is 30.0 Å². The van der Waals surface area contributed by atoms with E-state index in [0.29, 0.717) is 34.6 Å². The minimum Gasteiger partial charge on any atom is -0.481 e. The molecule has 0 N–H and O–H groups in total. The molecular weight excluding hydrogens is 397 g/mol. The number of aryl methyl sites for hydroxylation is 1. The first-order valence-electron chi connectivity index (χ1n) is 10.0. The summed E-state index contributed by atoms with van der Waals surface area (Å²) in [7, 11) is 1.48. The van der Waals surface area contributed by atoms with Gasteiger partial charge in [-0.2, -0.15) is 5.10 Å². The molecule has 160 valence electrons. The fraction of sp³-hybridized carbons (Fsp3) is 0.304. The van der Waals surface area contributed by atoms with E-state index < -0.39 is 5.82 Å². The zero-order chi connectivity index (χ0) is 22.2. The quantitative estimate of drug-likeness (QED) is 0.483. The summed E-state index contributed by atoms with van der Waals surface area (Å²) in [5.74, 6) is -0.199.